The van der Waals surface area contributed by atoms with Crippen molar-refractivity contribution in [3.8, 4) is 0 Å². The van der Waals surface area contributed by atoms with Crippen molar-refractivity contribution in [3.63, 3.8) is 0 Å². The zero-order chi connectivity index (χ0) is 18.6. The molecule has 2 aromatic rings. The van der Waals surface area contributed by atoms with E-state index in [1.54, 1.807) is 13.1 Å². The summed E-state index contributed by atoms with van der Waals surface area (Å²) in [5, 5.41) is 3.28. The van der Waals surface area contributed by atoms with Gasteiger partial charge in [-0.3, -0.25) is 4.99 Å². The number of aliphatic imine (C=N–C) groups is 1. The molecule has 0 bridgehead atoms. The molecule has 0 spiro atoms. The molecule has 0 atom stereocenters. The molecule has 2 aromatic heterocycles. The van der Waals surface area contributed by atoms with Crippen LogP contribution in [0.1, 0.15) is 10.6 Å². The fourth-order valence-corrected chi connectivity index (χ4v) is 4.77. The molecule has 2 heterocycles. The van der Waals surface area contributed by atoms with Gasteiger partial charge >= 0.3 is 0 Å². The van der Waals surface area contributed by atoms with E-state index in [1.807, 2.05) is 37.3 Å². The molecule has 138 valence electrons. The van der Waals surface area contributed by atoms with Gasteiger partial charge in [0.1, 0.15) is 4.21 Å². The van der Waals surface area contributed by atoms with E-state index >= 15 is 0 Å². The van der Waals surface area contributed by atoms with Crippen LogP contribution in [0.25, 0.3) is 0 Å². The van der Waals surface area contributed by atoms with Crippen LogP contribution in [-0.2, 0) is 30.2 Å². The molecule has 7 nitrogen and oxygen atoms in total. The van der Waals surface area contributed by atoms with E-state index in [-0.39, 0.29) is 0 Å². The molecule has 0 amide bonds. The van der Waals surface area contributed by atoms with E-state index in [2.05, 4.69) is 20.9 Å². The molecule has 0 unspecified atom stereocenters. The summed E-state index contributed by atoms with van der Waals surface area (Å²) in [6.45, 7) is 1.26. The maximum absolute atomic E-state index is 12.1. The summed E-state index contributed by atoms with van der Waals surface area (Å²) in [4.78, 5) is 7.26. The highest BCUT2D eigenvalue weighted by molar-refractivity contribution is 7.91. The first-order valence-corrected chi connectivity index (χ1v) is 10.0. The molecule has 25 heavy (non-hydrogen) atoms. The maximum Gasteiger partial charge on any atom is 0.252 e. The number of guanidine groups is 1. The fraction of sp³-hybridized carbons (Fsp3) is 0.438. The summed E-state index contributed by atoms with van der Waals surface area (Å²) in [7, 11) is 5.41. The first kappa shape index (κ1) is 19.5. The highest BCUT2D eigenvalue weighted by atomic mass is 32.2. The molecule has 0 aromatic carbocycles. The molecular formula is C16H25N5O2S2. The van der Waals surface area contributed by atoms with Crippen LogP contribution in [0.2, 0.25) is 0 Å². The van der Waals surface area contributed by atoms with Crippen LogP contribution in [0.3, 0.4) is 0 Å². The standard InChI is InChI=1S/C16H25N5O2S2/c1-17-16(21(5)12-13-7-6-10-20(13)4)18-11-14-8-9-15(24-14)25(22,23)19(2)3/h6-10H,11-12H2,1-5H3,(H,17,18). The normalized spacial score (nSPS) is 12.6. The van der Waals surface area contributed by atoms with Gasteiger partial charge in [0.25, 0.3) is 10.0 Å². The Bertz CT molecular complexity index is 836. The SMILES string of the molecule is CN=C(NCc1ccc(S(=O)(=O)N(C)C)s1)N(C)Cc1cccn1C. The van der Waals surface area contributed by atoms with E-state index in [0.717, 1.165) is 17.4 Å². The minimum atomic E-state index is -3.37. The van der Waals surface area contributed by atoms with Crippen molar-refractivity contribution in [2.45, 2.75) is 17.3 Å². The number of hydrogen-bond acceptors (Lipinski definition) is 4. The molecule has 0 fully saturated rings. The van der Waals surface area contributed by atoms with Crippen LogP contribution in [0.15, 0.2) is 39.7 Å². The molecule has 0 radical (unpaired) electrons. The van der Waals surface area contributed by atoms with Crippen molar-refractivity contribution in [1.29, 1.82) is 0 Å². The number of aryl methyl sites for hydroxylation is 1. The average Bonchev–Trinajstić information content (AvgIpc) is 3.18. The zero-order valence-electron chi connectivity index (χ0n) is 15.2. The number of thiophene rings is 1. The lowest BCUT2D eigenvalue weighted by Gasteiger charge is -2.22. The van der Waals surface area contributed by atoms with Crippen molar-refractivity contribution in [3.05, 3.63) is 41.0 Å². The highest BCUT2D eigenvalue weighted by Crippen LogP contribution is 2.23. The second-order valence-corrected chi connectivity index (χ2v) is 9.42. The third kappa shape index (κ3) is 4.62. The van der Waals surface area contributed by atoms with Gasteiger partial charge < -0.3 is 14.8 Å². The van der Waals surface area contributed by atoms with E-state index in [0.29, 0.717) is 10.8 Å². The fourth-order valence-electron chi connectivity index (χ4n) is 2.30. The minimum Gasteiger partial charge on any atom is -0.353 e. The Morgan fingerprint density at radius 3 is 2.56 bits per heavy atom. The Labute approximate surface area is 153 Å². The first-order valence-electron chi connectivity index (χ1n) is 7.79. The summed E-state index contributed by atoms with van der Waals surface area (Å²) in [6.07, 6.45) is 2.01. The highest BCUT2D eigenvalue weighted by Gasteiger charge is 2.19. The molecule has 0 saturated carbocycles. The van der Waals surface area contributed by atoms with Gasteiger partial charge in [0.15, 0.2) is 5.96 Å². The summed E-state index contributed by atoms with van der Waals surface area (Å²) < 4.78 is 27.9. The molecule has 0 aliphatic rings. The number of hydrogen-bond donors (Lipinski definition) is 1. The van der Waals surface area contributed by atoms with Crippen LogP contribution >= 0.6 is 11.3 Å². The predicted octanol–water partition coefficient (Wildman–Crippen LogP) is 1.54. The van der Waals surface area contributed by atoms with Gasteiger partial charge in [0.05, 0.1) is 13.1 Å². The average molecular weight is 384 g/mol. The predicted molar refractivity (Wildman–Crippen MR) is 102 cm³/mol. The van der Waals surface area contributed by atoms with Crippen molar-refractivity contribution >= 4 is 27.3 Å². The lowest BCUT2D eigenvalue weighted by molar-refractivity contribution is 0.462. The molecule has 0 aliphatic heterocycles. The molecule has 0 saturated heterocycles. The summed E-state index contributed by atoms with van der Waals surface area (Å²) in [5.41, 5.74) is 1.18. The van der Waals surface area contributed by atoms with Crippen LogP contribution in [0, 0.1) is 0 Å². The molecular weight excluding hydrogens is 358 g/mol. The van der Waals surface area contributed by atoms with Gasteiger partial charge in [0.2, 0.25) is 0 Å². The van der Waals surface area contributed by atoms with Gasteiger partial charge in [-0.1, -0.05) is 0 Å². The van der Waals surface area contributed by atoms with Crippen LogP contribution < -0.4 is 5.32 Å². The second kappa shape index (κ2) is 8.03. The van der Waals surface area contributed by atoms with E-state index in [1.165, 1.54) is 35.4 Å². The Hall–Kier alpha value is -1.84. The number of rotatable bonds is 6. The van der Waals surface area contributed by atoms with Crippen LogP contribution in [-0.4, -0.2) is 56.3 Å². The maximum atomic E-state index is 12.1. The Kier molecular flexibility index (Phi) is 6.26. The van der Waals surface area contributed by atoms with Gasteiger partial charge in [-0.25, -0.2) is 12.7 Å². The Morgan fingerprint density at radius 1 is 1.28 bits per heavy atom. The van der Waals surface area contributed by atoms with E-state index in [4.69, 9.17) is 0 Å². The number of aromatic nitrogens is 1. The summed E-state index contributed by atoms with van der Waals surface area (Å²) >= 11 is 1.27. The van der Waals surface area contributed by atoms with Crippen LogP contribution in [0.4, 0.5) is 0 Å². The molecule has 0 aliphatic carbocycles. The topological polar surface area (TPSA) is 69.9 Å². The largest absolute Gasteiger partial charge is 0.353 e. The van der Waals surface area contributed by atoms with Gasteiger partial charge in [0, 0.05) is 52.0 Å². The summed E-state index contributed by atoms with van der Waals surface area (Å²) in [6, 6.07) is 7.56. The van der Waals surface area contributed by atoms with Crippen molar-refractivity contribution in [2.75, 3.05) is 28.2 Å². The monoisotopic (exact) mass is 383 g/mol. The number of sulfonamides is 1. The van der Waals surface area contributed by atoms with Gasteiger partial charge in [-0.05, 0) is 24.3 Å². The number of nitrogens with zero attached hydrogens (tertiary/aromatic N) is 4. The van der Waals surface area contributed by atoms with Crippen molar-refractivity contribution < 1.29 is 8.42 Å². The zero-order valence-corrected chi connectivity index (χ0v) is 16.9. The molecule has 2 rings (SSSR count). The Morgan fingerprint density at radius 2 is 2.00 bits per heavy atom. The van der Waals surface area contributed by atoms with Crippen molar-refractivity contribution in [2.24, 2.45) is 12.0 Å². The third-order valence-corrected chi connectivity index (χ3v) is 7.18. The lowest BCUT2D eigenvalue weighted by Crippen LogP contribution is -2.38. The van der Waals surface area contributed by atoms with Gasteiger partial charge in [-0.2, -0.15) is 0 Å². The smallest absolute Gasteiger partial charge is 0.252 e. The van der Waals surface area contributed by atoms with Gasteiger partial charge in [-0.15, -0.1) is 11.3 Å². The second-order valence-electron chi connectivity index (χ2n) is 5.88. The van der Waals surface area contributed by atoms with Crippen molar-refractivity contribution in [1.82, 2.24) is 19.1 Å². The Balaban J connectivity index is 2.00. The van der Waals surface area contributed by atoms with E-state index < -0.39 is 10.0 Å². The third-order valence-electron chi connectivity index (χ3n) is 3.82. The lowest BCUT2D eigenvalue weighted by atomic mass is 10.4. The quantitative estimate of drug-likeness (QED) is 0.607. The molecule has 1 N–H and O–H groups in total. The minimum absolute atomic E-state index is 0.349. The van der Waals surface area contributed by atoms with E-state index in [9.17, 15) is 8.42 Å². The van der Waals surface area contributed by atoms with Crippen LogP contribution in [0.5, 0.6) is 0 Å². The number of nitrogens with one attached hydrogen (secondary N) is 1. The molecule has 9 heteroatoms. The first-order chi connectivity index (χ1) is 11.8. The summed E-state index contributed by atoms with van der Waals surface area (Å²) in [5.74, 6) is 0.756.